The van der Waals surface area contributed by atoms with Gasteiger partial charge in [-0.25, -0.2) is 8.78 Å². The molecule has 0 aromatic heterocycles. The third-order valence-corrected chi connectivity index (χ3v) is 2.76. The van der Waals surface area contributed by atoms with Gasteiger partial charge in [0.2, 0.25) is 0 Å². The van der Waals surface area contributed by atoms with Crippen LogP contribution in [-0.4, -0.2) is 12.6 Å². The summed E-state index contributed by atoms with van der Waals surface area (Å²) in [5.41, 5.74) is 0.582. The summed E-state index contributed by atoms with van der Waals surface area (Å²) in [6.07, 6.45) is 0.800. The molecule has 2 nitrogen and oxygen atoms in total. The Hall–Kier alpha value is -1.16. The number of rotatable bonds is 3. The van der Waals surface area contributed by atoms with Crippen molar-refractivity contribution in [1.29, 1.82) is 0 Å². The van der Waals surface area contributed by atoms with Crippen molar-refractivity contribution < 1.29 is 13.5 Å². The van der Waals surface area contributed by atoms with Crippen molar-refractivity contribution in [3.63, 3.8) is 0 Å². The minimum absolute atomic E-state index is 0.125. The smallest absolute Gasteiger partial charge is 0.168 e. The summed E-state index contributed by atoms with van der Waals surface area (Å²) in [6.45, 7) is 4.70. The van der Waals surface area contributed by atoms with Crippen molar-refractivity contribution in [1.82, 2.24) is 5.32 Å². The van der Waals surface area contributed by atoms with Crippen LogP contribution in [0.25, 0.3) is 0 Å². The van der Waals surface area contributed by atoms with Gasteiger partial charge >= 0.3 is 0 Å². The highest BCUT2D eigenvalue weighted by Gasteiger charge is 2.33. The van der Waals surface area contributed by atoms with Crippen molar-refractivity contribution in [3.05, 3.63) is 29.3 Å². The van der Waals surface area contributed by atoms with Crippen LogP contribution in [0.3, 0.4) is 0 Å². The first-order valence-electron chi connectivity index (χ1n) is 5.52. The molecule has 0 fully saturated rings. The minimum atomic E-state index is -0.623. The lowest BCUT2D eigenvalue weighted by atomic mass is 10.0. The maximum atomic E-state index is 13.4. The minimum Gasteiger partial charge on any atom is -0.485 e. The zero-order valence-corrected chi connectivity index (χ0v) is 9.39. The molecule has 0 spiro atoms. The summed E-state index contributed by atoms with van der Waals surface area (Å²) in [7, 11) is 0. The Morgan fingerprint density at radius 3 is 2.81 bits per heavy atom. The number of halogens is 2. The molecule has 16 heavy (non-hydrogen) atoms. The van der Waals surface area contributed by atoms with E-state index >= 15 is 0 Å². The van der Waals surface area contributed by atoms with Crippen molar-refractivity contribution >= 4 is 0 Å². The van der Waals surface area contributed by atoms with Gasteiger partial charge in [-0.15, -0.1) is 0 Å². The molecule has 2 atom stereocenters. The lowest BCUT2D eigenvalue weighted by Crippen LogP contribution is -2.29. The van der Waals surface area contributed by atoms with Crippen LogP contribution in [0.5, 0.6) is 5.75 Å². The average Bonchev–Trinajstić information content (AvgIpc) is 2.53. The summed E-state index contributed by atoms with van der Waals surface area (Å²) >= 11 is 0. The maximum Gasteiger partial charge on any atom is 0.168 e. The first-order valence-corrected chi connectivity index (χ1v) is 5.52. The highest BCUT2D eigenvalue weighted by Crippen LogP contribution is 2.38. The molecular weight excluding hydrogens is 212 g/mol. The molecule has 2 unspecified atom stereocenters. The third kappa shape index (κ3) is 1.89. The predicted molar refractivity (Wildman–Crippen MR) is 57.5 cm³/mol. The molecule has 0 radical (unpaired) electrons. The van der Waals surface area contributed by atoms with Gasteiger partial charge in [-0.3, -0.25) is 0 Å². The molecule has 1 heterocycles. The Kier molecular flexibility index (Phi) is 3.10. The highest BCUT2D eigenvalue weighted by molar-refractivity contribution is 5.42. The van der Waals surface area contributed by atoms with E-state index in [1.54, 1.807) is 0 Å². The van der Waals surface area contributed by atoms with Gasteiger partial charge in [0.05, 0.1) is 6.04 Å². The summed E-state index contributed by atoms with van der Waals surface area (Å²) in [6, 6.07) is 2.07. The number of hydrogen-bond donors (Lipinski definition) is 1. The third-order valence-electron chi connectivity index (χ3n) is 2.76. The van der Waals surface area contributed by atoms with Crippen molar-refractivity contribution in [2.24, 2.45) is 0 Å². The second kappa shape index (κ2) is 4.37. The molecule has 88 valence electrons. The molecular formula is C12H15F2NO. The lowest BCUT2D eigenvalue weighted by molar-refractivity contribution is 0.203. The van der Waals surface area contributed by atoms with E-state index in [-0.39, 0.29) is 17.9 Å². The summed E-state index contributed by atoms with van der Waals surface area (Å²) < 4.78 is 31.9. The van der Waals surface area contributed by atoms with Crippen LogP contribution in [0.15, 0.2) is 12.1 Å². The Morgan fingerprint density at radius 1 is 1.38 bits per heavy atom. The Bertz CT molecular complexity index is 395. The van der Waals surface area contributed by atoms with Crippen LogP contribution in [-0.2, 0) is 0 Å². The van der Waals surface area contributed by atoms with Crippen LogP contribution in [0.4, 0.5) is 8.78 Å². The number of benzene rings is 1. The van der Waals surface area contributed by atoms with Gasteiger partial charge in [0, 0.05) is 11.6 Å². The Labute approximate surface area is 93.6 Å². The molecule has 1 N–H and O–H groups in total. The van der Waals surface area contributed by atoms with Crippen LogP contribution >= 0.6 is 0 Å². The summed E-state index contributed by atoms with van der Waals surface area (Å²) in [5.74, 6) is -0.998. The molecule has 1 aromatic rings. The second-order valence-electron chi connectivity index (χ2n) is 4.06. The molecule has 2 rings (SSSR count). The fourth-order valence-corrected chi connectivity index (χ4v) is 2.02. The number of ether oxygens (including phenoxy) is 1. The Balaban J connectivity index is 2.32. The molecule has 1 aromatic carbocycles. The maximum absolute atomic E-state index is 13.4. The SMILES string of the molecule is CCCNC1c2cc(F)cc(F)c2OC1C. The van der Waals surface area contributed by atoms with Gasteiger partial charge in [0.1, 0.15) is 11.9 Å². The summed E-state index contributed by atoms with van der Waals surface area (Å²) in [4.78, 5) is 0. The van der Waals surface area contributed by atoms with Crippen LogP contribution in [0.2, 0.25) is 0 Å². The van der Waals surface area contributed by atoms with E-state index in [1.165, 1.54) is 6.07 Å². The predicted octanol–water partition coefficient (Wildman–Crippen LogP) is 2.79. The lowest BCUT2D eigenvalue weighted by Gasteiger charge is -2.15. The average molecular weight is 227 g/mol. The van der Waals surface area contributed by atoms with E-state index in [4.69, 9.17) is 4.74 Å². The van der Waals surface area contributed by atoms with E-state index in [0.717, 1.165) is 19.0 Å². The van der Waals surface area contributed by atoms with Gasteiger partial charge in [0.25, 0.3) is 0 Å². The Morgan fingerprint density at radius 2 is 2.12 bits per heavy atom. The van der Waals surface area contributed by atoms with Gasteiger partial charge < -0.3 is 10.1 Å². The summed E-state index contributed by atoms with van der Waals surface area (Å²) in [5, 5.41) is 3.23. The zero-order chi connectivity index (χ0) is 11.7. The van der Waals surface area contributed by atoms with Gasteiger partial charge in [-0.1, -0.05) is 6.92 Å². The first-order chi connectivity index (χ1) is 7.63. The van der Waals surface area contributed by atoms with Gasteiger partial charge in [-0.05, 0) is 26.0 Å². The van der Waals surface area contributed by atoms with Gasteiger partial charge in [0.15, 0.2) is 11.6 Å². The van der Waals surface area contributed by atoms with Crippen molar-refractivity contribution in [3.8, 4) is 5.75 Å². The fourth-order valence-electron chi connectivity index (χ4n) is 2.02. The van der Waals surface area contributed by atoms with E-state index < -0.39 is 11.6 Å². The largest absolute Gasteiger partial charge is 0.485 e. The fraction of sp³-hybridized carbons (Fsp3) is 0.500. The van der Waals surface area contributed by atoms with Crippen LogP contribution < -0.4 is 10.1 Å². The highest BCUT2D eigenvalue weighted by atomic mass is 19.1. The molecule has 1 aliphatic rings. The monoisotopic (exact) mass is 227 g/mol. The zero-order valence-electron chi connectivity index (χ0n) is 9.39. The number of nitrogens with one attached hydrogen (secondary N) is 1. The van der Waals surface area contributed by atoms with Crippen molar-refractivity contribution in [2.45, 2.75) is 32.4 Å². The van der Waals surface area contributed by atoms with E-state index in [1.807, 2.05) is 13.8 Å². The van der Waals surface area contributed by atoms with E-state index in [2.05, 4.69) is 5.32 Å². The molecule has 0 saturated heterocycles. The van der Waals surface area contributed by atoms with Crippen LogP contribution in [0.1, 0.15) is 31.9 Å². The standard InChI is InChI=1S/C12H15F2NO/c1-3-4-15-11-7(2)16-12-9(11)5-8(13)6-10(12)14/h5-7,11,15H,3-4H2,1-2H3. The van der Waals surface area contributed by atoms with E-state index in [0.29, 0.717) is 5.56 Å². The van der Waals surface area contributed by atoms with E-state index in [9.17, 15) is 8.78 Å². The molecule has 0 amide bonds. The first kappa shape index (κ1) is 11.3. The topological polar surface area (TPSA) is 21.3 Å². The quantitative estimate of drug-likeness (QED) is 0.857. The van der Waals surface area contributed by atoms with Gasteiger partial charge in [-0.2, -0.15) is 0 Å². The number of fused-ring (bicyclic) bond motifs is 1. The molecule has 0 saturated carbocycles. The molecule has 0 bridgehead atoms. The second-order valence-corrected chi connectivity index (χ2v) is 4.06. The number of hydrogen-bond acceptors (Lipinski definition) is 2. The molecule has 1 aliphatic heterocycles. The van der Waals surface area contributed by atoms with Crippen molar-refractivity contribution in [2.75, 3.05) is 6.54 Å². The normalized spacial score (nSPS) is 23.0. The van der Waals surface area contributed by atoms with Crippen LogP contribution in [0, 0.1) is 11.6 Å². The molecule has 0 aliphatic carbocycles. The molecule has 4 heteroatoms.